The zero-order valence-corrected chi connectivity index (χ0v) is 9.81. The summed E-state index contributed by atoms with van der Waals surface area (Å²) in [5.41, 5.74) is 6.07. The fourth-order valence-corrected chi connectivity index (χ4v) is 1.52. The number of methoxy groups -OCH3 is 1. The molecule has 0 amide bonds. The normalized spacial score (nSPS) is 11.6. The molecule has 0 aromatic heterocycles. The van der Waals surface area contributed by atoms with E-state index >= 15 is 0 Å². The molecule has 0 unspecified atom stereocenters. The first-order chi connectivity index (χ1) is 7.41. The summed E-state index contributed by atoms with van der Waals surface area (Å²) in [7, 11) is 1.33. The van der Waals surface area contributed by atoms with Crippen LogP contribution in [0.25, 0.3) is 0 Å². The highest BCUT2D eigenvalue weighted by Crippen LogP contribution is 2.30. The van der Waals surface area contributed by atoms with Crippen LogP contribution in [-0.4, -0.2) is 13.7 Å². The molecule has 16 heavy (non-hydrogen) atoms. The summed E-state index contributed by atoms with van der Waals surface area (Å²) >= 11 is 0. The van der Waals surface area contributed by atoms with Crippen molar-refractivity contribution < 1.29 is 13.5 Å². The molecular formula is C12H17F2NO. The number of ether oxygens (including phenoxy) is 1. The van der Waals surface area contributed by atoms with Gasteiger partial charge < -0.3 is 10.5 Å². The average Bonchev–Trinajstić information content (AvgIpc) is 2.24. The highest BCUT2D eigenvalue weighted by Gasteiger charge is 2.21. The maximum Gasteiger partial charge on any atom is 0.200 e. The predicted octanol–water partition coefficient (Wildman–Crippen LogP) is 2.50. The summed E-state index contributed by atoms with van der Waals surface area (Å²) < 4.78 is 31.3. The van der Waals surface area contributed by atoms with Crippen molar-refractivity contribution in [3.05, 3.63) is 29.3 Å². The zero-order valence-electron chi connectivity index (χ0n) is 9.81. The molecule has 1 aromatic rings. The van der Waals surface area contributed by atoms with Crippen molar-refractivity contribution in [2.75, 3.05) is 13.7 Å². The van der Waals surface area contributed by atoms with E-state index in [9.17, 15) is 8.78 Å². The molecule has 0 aliphatic carbocycles. The van der Waals surface area contributed by atoms with Crippen LogP contribution in [0.2, 0.25) is 0 Å². The van der Waals surface area contributed by atoms with Crippen LogP contribution in [0, 0.1) is 17.0 Å². The maximum atomic E-state index is 13.4. The highest BCUT2D eigenvalue weighted by atomic mass is 19.2. The molecule has 1 aromatic carbocycles. The van der Waals surface area contributed by atoms with E-state index in [4.69, 9.17) is 10.5 Å². The largest absolute Gasteiger partial charge is 0.493 e. The molecule has 0 saturated heterocycles. The number of hydrogen-bond acceptors (Lipinski definition) is 2. The molecule has 0 bridgehead atoms. The van der Waals surface area contributed by atoms with Crippen LogP contribution >= 0.6 is 0 Å². The van der Waals surface area contributed by atoms with Gasteiger partial charge in [0.15, 0.2) is 11.6 Å². The lowest BCUT2D eigenvalue weighted by molar-refractivity contribution is 0.341. The quantitative estimate of drug-likeness (QED) is 0.861. The van der Waals surface area contributed by atoms with Crippen molar-refractivity contribution in [2.24, 2.45) is 11.1 Å². The number of benzene rings is 1. The first-order valence-corrected chi connectivity index (χ1v) is 5.12. The molecular weight excluding hydrogens is 212 g/mol. The molecule has 2 nitrogen and oxygen atoms in total. The summed E-state index contributed by atoms with van der Waals surface area (Å²) in [5, 5.41) is 0. The van der Waals surface area contributed by atoms with Gasteiger partial charge in [-0.25, -0.2) is 4.39 Å². The second kappa shape index (κ2) is 4.78. The standard InChI is InChI=1S/C12H17F2NO/c1-12(2,7-15)6-8-4-5-9(13)10(14)11(8)16-3/h4-5H,6-7,15H2,1-3H3. The summed E-state index contributed by atoms with van der Waals surface area (Å²) in [6.45, 7) is 4.40. The fraction of sp³-hybridized carbons (Fsp3) is 0.500. The first kappa shape index (κ1) is 12.9. The summed E-state index contributed by atoms with van der Waals surface area (Å²) in [6, 6.07) is 2.65. The third-order valence-corrected chi connectivity index (χ3v) is 2.56. The van der Waals surface area contributed by atoms with Gasteiger partial charge in [0, 0.05) is 0 Å². The Hall–Kier alpha value is -1.16. The lowest BCUT2D eigenvalue weighted by atomic mass is 9.85. The molecule has 0 saturated carbocycles. The molecule has 1 rings (SSSR count). The van der Waals surface area contributed by atoms with Crippen LogP contribution in [0.15, 0.2) is 12.1 Å². The second-order valence-electron chi connectivity index (χ2n) is 4.60. The number of rotatable bonds is 4. The van der Waals surface area contributed by atoms with Gasteiger partial charge >= 0.3 is 0 Å². The van der Waals surface area contributed by atoms with Crippen molar-refractivity contribution in [1.82, 2.24) is 0 Å². The molecule has 2 N–H and O–H groups in total. The van der Waals surface area contributed by atoms with Gasteiger partial charge in [0.25, 0.3) is 0 Å². The van der Waals surface area contributed by atoms with Crippen LogP contribution < -0.4 is 10.5 Å². The minimum atomic E-state index is -0.937. The third kappa shape index (κ3) is 2.70. The van der Waals surface area contributed by atoms with Crippen molar-refractivity contribution in [3.63, 3.8) is 0 Å². The Balaban J connectivity index is 3.10. The number of hydrogen-bond donors (Lipinski definition) is 1. The van der Waals surface area contributed by atoms with E-state index in [0.717, 1.165) is 6.07 Å². The van der Waals surface area contributed by atoms with E-state index < -0.39 is 11.6 Å². The maximum absolute atomic E-state index is 13.4. The highest BCUT2D eigenvalue weighted by molar-refractivity contribution is 5.36. The van der Waals surface area contributed by atoms with Crippen LogP contribution in [0.3, 0.4) is 0 Å². The third-order valence-electron chi connectivity index (χ3n) is 2.56. The molecule has 0 spiro atoms. The first-order valence-electron chi connectivity index (χ1n) is 5.12. The fourth-order valence-electron chi connectivity index (χ4n) is 1.52. The molecule has 4 heteroatoms. The van der Waals surface area contributed by atoms with Gasteiger partial charge in [-0.2, -0.15) is 4.39 Å². The van der Waals surface area contributed by atoms with E-state index in [-0.39, 0.29) is 11.2 Å². The Morgan fingerprint density at radius 3 is 2.44 bits per heavy atom. The lowest BCUT2D eigenvalue weighted by Crippen LogP contribution is -2.26. The van der Waals surface area contributed by atoms with E-state index in [1.165, 1.54) is 13.2 Å². The molecule has 90 valence electrons. The summed E-state index contributed by atoms with van der Waals surface area (Å²) in [6.07, 6.45) is 0.546. The molecule has 0 atom stereocenters. The molecule has 0 fully saturated rings. The average molecular weight is 229 g/mol. The van der Waals surface area contributed by atoms with Gasteiger partial charge in [0.1, 0.15) is 0 Å². The minimum absolute atomic E-state index is 0.0264. The monoisotopic (exact) mass is 229 g/mol. The summed E-state index contributed by atoms with van der Waals surface area (Å²) in [4.78, 5) is 0. The zero-order chi connectivity index (χ0) is 12.3. The second-order valence-corrected chi connectivity index (χ2v) is 4.60. The topological polar surface area (TPSA) is 35.2 Å². The Labute approximate surface area is 94.4 Å². The van der Waals surface area contributed by atoms with Gasteiger partial charge in [0.05, 0.1) is 7.11 Å². The smallest absolute Gasteiger partial charge is 0.200 e. The van der Waals surface area contributed by atoms with Crippen molar-refractivity contribution in [2.45, 2.75) is 20.3 Å². The van der Waals surface area contributed by atoms with Crippen LogP contribution in [-0.2, 0) is 6.42 Å². The Kier molecular flexibility index (Phi) is 3.86. The minimum Gasteiger partial charge on any atom is -0.493 e. The van der Waals surface area contributed by atoms with Gasteiger partial charge in [-0.3, -0.25) is 0 Å². The van der Waals surface area contributed by atoms with Crippen molar-refractivity contribution >= 4 is 0 Å². The Morgan fingerprint density at radius 2 is 1.94 bits per heavy atom. The van der Waals surface area contributed by atoms with Crippen LogP contribution in [0.4, 0.5) is 8.78 Å². The molecule has 0 aliphatic heterocycles. The lowest BCUT2D eigenvalue weighted by Gasteiger charge is -2.23. The molecule has 0 heterocycles. The van der Waals surface area contributed by atoms with Crippen molar-refractivity contribution in [3.8, 4) is 5.75 Å². The van der Waals surface area contributed by atoms with Gasteiger partial charge in [0.2, 0.25) is 5.82 Å². The van der Waals surface area contributed by atoms with E-state index in [0.29, 0.717) is 18.5 Å². The summed E-state index contributed by atoms with van der Waals surface area (Å²) in [5.74, 6) is -1.86. The molecule has 0 aliphatic rings. The van der Waals surface area contributed by atoms with Gasteiger partial charge in [-0.15, -0.1) is 0 Å². The van der Waals surface area contributed by atoms with Gasteiger partial charge in [-0.1, -0.05) is 19.9 Å². The SMILES string of the molecule is COc1c(CC(C)(C)CN)ccc(F)c1F. The van der Waals surface area contributed by atoms with E-state index in [2.05, 4.69) is 0 Å². The molecule has 0 radical (unpaired) electrons. The predicted molar refractivity (Wildman–Crippen MR) is 59.4 cm³/mol. The van der Waals surface area contributed by atoms with Crippen molar-refractivity contribution in [1.29, 1.82) is 0 Å². The van der Waals surface area contributed by atoms with Crippen LogP contribution in [0.1, 0.15) is 19.4 Å². The Morgan fingerprint density at radius 1 is 1.31 bits per heavy atom. The van der Waals surface area contributed by atoms with Gasteiger partial charge in [-0.05, 0) is 30.0 Å². The van der Waals surface area contributed by atoms with E-state index in [1.54, 1.807) is 0 Å². The number of nitrogens with two attached hydrogens (primary N) is 1. The van der Waals surface area contributed by atoms with E-state index in [1.807, 2.05) is 13.8 Å². The Bertz CT molecular complexity index is 378. The number of halogens is 2. The van der Waals surface area contributed by atoms with Crippen LogP contribution in [0.5, 0.6) is 5.75 Å².